The van der Waals surface area contributed by atoms with Crippen molar-refractivity contribution >= 4 is 11.9 Å². The van der Waals surface area contributed by atoms with Crippen molar-refractivity contribution in [3.63, 3.8) is 0 Å². The number of hydrogen-bond donors (Lipinski definition) is 1. The van der Waals surface area contributed by atoms with Crippen LogP contribution < -0.4 is 0 Å². The summed E-state index contributed by atoms with van der Waals surface area (Å²) in [4.78, 5) is 32.1. The average molecular weight is 290 g/mol. The fraction of sp³-hybridized carbons (Fsp3) is 0.857. The molecular formula is C14H26O6. The zero-order valence-electron chi connectivity index (χ0n) is 12.8. The van der Waals surface area contributed by atoms with Gasteiger partial charge >= 0.3 is 11.9 Å². The van der Waals surface area contributed by atoms with Crippen LogP contribution in [0, 0.1) is 11.3 Å². The third-order valence-electron chi connectivity index (χ3n) is 3.18. The molecule has 1 unspecified atom stereocenters. The van der Waals surface area contributed by atoms with Crippen molar-refractivity contribution in [3.05, 3.63) is 0 Å². The minimum atomic E-state index is -0.897. The van der Waals surface area contributed by atoms with Crippen LogP contribution >= 0.6 is 0 Å². The monoisotopic (exact) mass is 290 g/mol. The third-order valence-corrected chi connectivity index (χ3v) is 3.18. The Morgan fingerprint density at radius 1 is 1.15 bits per heavy atom. The zero-order valence-corrected chi connectivity index (χ0v) is 12.8. The highest BCUT2D eigenvalue weighted by atomic mass is 17.2. The molecule has 0 rings (SSSR count). The van der Waals surface area contributed by atoms with Gasteiger partial charge in [-0.15, -0.1) is 0 Å². The molecule has 0 aliphatic heterocycles. The molecule has 0 fully saturated rings. The van der Waals surface area contributed by atoms with Crippen LogP contribution in [-0.2, 0) is 24.1 Å². The lowest BCUT2D eigenvalue weighted by molar-refractivity contribution is -0.304. The van der Waals surface area contributed by atoms with Crippen molar-refractivity contribution in [1.29, 1.82) is 0 Å². The number of carbonyl (C=O) groups is 2. The van der Waals surface area contributed by atoms with Crippen LogP contribution in [0.5, 0.6) is 0 Å². The van der Waals surface area contributed by atoms with Crippen LogP contribution in [-0.4, -0.2) is 36.9 Å². The Labute approximate surface area is 120 Å². The number of carboxylic acids is 1. The largest absolute Gasteiger partial charge is 0.481 e. The van der Waals surface area contributed by atoms with E-state index in [9.17, 15) is 9.59 Å². The number of ether oxygens (including phenoxy) is 1. The fourth-order valence-corrected chi connectivity index (χ4v) is 1.32. The lowest BCUT2D eigenvalue weighted by atomic mass is 9.91. The van der Waals surface area contributed by atoms with E-state index in [0.717, 1.165) is 6.42 Å². The molecule has 0 heterocycles. The molecule has 1 atom stereocenters. The minimum absolute atomic E-state index is 0.00241. The highest BCUT2D eigenvalue weighted by molar-refractivity contribution is 5.75. The molecule has 0 aromatic heterocycles. The predicted molar refractivity (Wildman–Crippen MR) is 73.0 cm³/mol. The van der Waals surface area contributed by atoms with Crippen LogP contribution in [0.3, 0.4) is 0 Å². The van der Waals surface area contributed by atoms with Gasteiger partial charge in [-0.05, 0) is 26.7 Å². The van der Waals surface area contributed by atoms with Crippen molar-refractivity contribution in [3.8, 4) is 0 Å². The van der Waals surface area contributed by atoms with Crippen molar-refractivity contribution < 1.29 is 29.2 Å². The third kappa shape index (κ3) is 7.45. The van der Waals surface area contributed by atoms with Crippen LogP contribution in [0.15, 0.2) is 0 Å². The molecule has 0 radical (unpaired) electrons. The molecule has 20 heavy (non-hydrogen) atoms. The maximum Gasteiger partial charge on any atom is 0.311 e. The highest BCUT2D eigenvalue weighted by Crippen LogP contribution is 2.21. The molecule has 0 amide bonds. The SMILES string of the molecule is CCCC(COOCCOC(=O)C(C)(C)CC)C(=O)O. The van der Waals surface area contributed by atoms with Crippen molar-refractivity contribution in [2.45, 2.75) is 47.0 Å². The van der Waals surface area contributed by atoms with E-state index in [1.165, 1.54) is 0 Å². The van der Waals surface area contributed by atoms with Gasteiger partial charge in [-0.2, -0.15) is 0 Å². The highest BCUT2D eigenvalue weighted by Gasteiger charge is 2.26. The molecule has 6 heteroatoms. The Balaban J connectivity index is 3.72. The molecular weight excluding hydrogens is 264 g/mol. The summed E-state index contributed by atoms with van der Waals surface area (Å²) in [6.07, 6.45) is 2.00. The number of carbonyl (C=O) groups excluding carboxylic acids is 1. The average Bonchev–Trinajstić information content (AvgIpc) is 2.40. The zero-order chi connectivity index (χ0) is 15.6. The van der Waals surface area contributed by atoms with Crippen LogP contribution in [0.4, 0.5) is 0 Å². The van der Waals surface area contributed by atoms with E-state index < -0.39 is 17.3 Å². The Morgan fingerprint density at radius 2 is 1.80 bits per heavy atom. The van der Waals surface area contributed by atoms with Gasteiger partial charge in [0.15, 0.2) is 0 Å². The van der Waals surface area contributed by atoms with Gasteiger partial charge in [-0.25, -0.2) is 9.78 Å². The second-order valence-electron chi connectivity index (χ2n) is 5.30. The van der Waals surface area contributed by atoms with Crippen molar-refractivity contribution in [2.75, 3.05) is 19.8 Å². The summed E-state index contributed by atoms with van der Waals surface area (Å²) in [5.74, 6) is -1.74. The van der Waals surface area contributed by atoms with Gasteiger partial charge in [0.2, 0.25) is 0 Å². The maximum absolute atomic E-state index is 11.6. The lowest BCUT2D eigenvalue weighted by Gasteiger charge is -2.20. The minimum Gasteiger partial charge on any atom is -0.481 e. The standard InChI is InChI=1S/C14H26O6/c1-5-7-11(12(15)16)10-20-19-9-8-18-13(17)14(3,4)6-2/h11H,5-10H2,1-4H3,(H,15,16). The molecule has 0 aliphatic carbocycles. The summed E-state index contributed by atoms with van der Waals surface area (Å²) < 4.78 is 5.04. The van der Waals surface area contributed by atoms with Crippen molar-refractivity contribution in [1.82, 2.24) is 0 Å². The quantitative estimate of drug-likeness (QED) is 0.272. The Bertz CT molecular complexity index is 300. The topological polar surface area (TPSA) is 82.1 Å². The predicted octanol–water partition coefficient (Wildman–Crippen LogP) is 2.41. The first-order valence-electron chi connectivity index (χ1n) is 6.99. The second kappa shape index (κ2) is 9.72. The van der Waals surface area contributed by atoms with Gasteiger partial charge in [0.25, 0.3) is 0 Å². The molecule has 0 saturated carbocycles. The Morgan fingerprint density at radius 3 is 2.30 bits per heavy atom. The number of rotatable bonds is 11. The fourth-order valence-electron chi connectivity index (χ4n) is 1.32. The maximum atomic E-state index is 11.6. The molecule has 118 valence electrons. The number of carboxylic acid groups (broad SMARTS) is 1. The molecule has 0 aromatic carbocycles. The van der Waals surface area contributed by atoms with E-state index in [-0.39, 0.29) is 25.8 Å². The molecule has 0 aliphatic rings. The molecule has 0 bridgehead atoms. The smallest absolute Gasteiger partial charge is 0.311 e. The number of aliphatic carboxylic acids is 1. The first kappa shape index (κ1) is 18.9. The number of hydrogen-bond acceptors (Lipinski definition) is 5. The van der Waals surface area contributed by atoms with Gasteiger partial charge in [-0.1, -0.05) is 20.3 Å². The summed E-state index contributed by atoms with van der Waals surface area (Å²) in [7, 11) is 0. The van der Waals surface area contributed by atoms with E-state index in [1.54, 1.807) is 0 Å². The lowest BCUT2D eigenvalue weighted by Crippen LogP contribution is -2.27. The van der Waals surface area contributed by atoms with Crippen LogP contribution in [0.1, 0.15) is 47.0 Å². The summed E-state index contributed by atoms with van der Waals surface area (Å²) in [6, 6.07) is 0. The van der Waals surface area contributed by atoms with Gasteiger partial charge in [0.05, 0.1) is 17.9 Å². The van der Waals surface area contributed by atoms with E-state index in [1.807, 2.05) is 27.7 Å². The van der Waals surface area contributed by atoms with Gasteiger partial charge in [-0.3, -0.25) is 9.59 Å². The molecule has 0 aromatic rings. The van der Waals surface area contributed by atoms with Crippen molar-refractivity contribution in [2.24, 2.45) is 11.3 Å². The van der Waals surface area contributed by atoms with E-state index in [4.69, 9.17) is 19.6 Å². The number of esters is 1. The second-order valence-corrected chi connectivity index (χ2v) is 5.30. The van der Waals surface area contributed by atoms with Gasteiger partial charge in [0.1, 0.15) is 13.2 Å². The van der Waals surface area contributed by atoms with Crippen LogP contribution in [0.2, 0.25) is 0 Å². The summed E-state index contributed by atoms with van der Waals surface area (Å²) in [5, 5.41) is 8.89. The van der Waals surface area contributed by atoms with E-state index in [0.29, 0.717) is 12.8 Å². The normalized spacial score (nSPS) is 13.0. The first-order chi connectivity index (χ1) is 9.35. The van der Waals surface area contributed by atoms with Gasteiger partial charge < -0.3 is 9.84 Å². The summed E-state index contributed by atoms with van der Waals surface area (Å²) in [5.41, 5.74) is -0.504. The van der Waals surface area contributed by atoms with Gasteiger partial charge in [0, 0.05) is 0 Å². The molecule has 0 saturated heterocycles. The first-order valence-corrected chi connectivity index (χ1v) is 6.99. The molecule has 6 nitrogen and oxygen atoms in total. The van der Waals surface area contributed by atoms with Crippen LogP contribution in [0.25, 0.3) is 0 Å². The Hall–Kier alpha value is -1.14. The summed E-state index contributed by atoms with van der Waals surface area (Å²) >= 11 is 0. The molecule has 1 N–H and O–H groups in total. The van der Waals surface area contributed by atoms with E-state index >= 15 is 0 Å². The molecule has 0 spiro atoms. The van der Waals surface area contributed by atoms with E-state index in [2.05, 4.69) is 0 Å². The Kier molecular flexibility index (Phi) is 9.16. The summed E-state index contributed by atoms with van der Waals surface area (Å²) in [6.45, 7) is 7.63.